The first-order valence-corrected chi connectivity index (χ1v) is 2.29. The van der Waals surface area contributed by atoms with Gasteiger partial charge in [-0.3, -0.25) is 0 Å². The molecule has 1 aliphatic heterocycles. The summed E-state index contributed by atoms with van der Waals surface area (Å²) in [6.07, 6.45) is -9.52. The summed E-state index contributed by atoms with van der Waals surface area (Å²) in [4.78, 5) is 0. The summed E-state index contributed by atoms with van der Waals surface area (Å²) in [6.45, 7) is -7.01. The van der Waals surface area contributed by atoms with Gasteiger partial charge in [0.2, 0.25) is 0 Å². The normalized spacial score (nSPS) is 58.8. The van der Waals surface area contributed by atoms with Gasteiger partial charge in [0.25, 0.3) is 0 Å². The van der Waals surface area contributed by atoms with E-state index in [0.717, 1.165) is 0 Å². The third-order valence-corrected chi connectivity index (χ3v) is 0.960. The molecule has 1 atom stereocenters. The molecule has 0 radical (unpaired) electrons. The second-order valence-electron chi connectivity index (χ2n) is 1.71. The molecular weight excluding hydrogens is 147 g/mol. The second kappa shape index (κ2) is 2.10. The van der Waals surface area contributed by atoms with E-state index in [4.69, 9.17) is 8.22 Å². The van der Waals surface area contributed by atoms with Crippen LogP contribution in [-0.4, -0.2) is 29.9 Å². The van der Waals surface area contributed by atoms with Crippen LogP contribution in [0, 0.1) is 0 Å². The first-order valence-electron chi connectivity index (χ1n) is 5.29. The van der Waals surface area contributed by atoms with Gasteiger partial charge in [0, 0.05) is 14.7 Å². The molecule has 0 aromatic rings. The minimum Gasteiger partial charge on any atom is -0.379 e. The van der Waals surface area contributed by atoms with Crippen LogP contribution >= 0.6 is 0 Å². The Bertz CT molecular complexity index is 318. The molecule has 0 saturated carbocycles. The molecule has 1 saturated heterocycles. The summed E-state index contributed by atoms with van der Waals surface area (Å²) in [5.41, 5.74) is -4.46. The maximum absolute atomic E-state index is 12.5. The Morgan fingerprint density at radius 2 is 2.20 bits per heavy atom. The second-order valence-corrected chi connectivity index (χ2v) is 1.71. The number of rotatable bonds is 0. The van der Waals surface area contributed by atoms with Gasteiger partial charge in [-0.1, -0.05) is 0 Å². The number of nitrogens with one attached hydrogen (secondary N) is 1. The summed E-state index contributed by atoms with van der Waals surface area (Å²) >= 11 is 0. The standard InChI is InChI=1S/C5H8F3NO/c6-5(7,8)4(10)1-2-9-3-4/h9-10H,1-3H2/i1D2,2D2,3D2. The lowest BCUT2D eigenvalue weighted by atomic mass is 10.0. The van der Waals surface area contributed by atoms with Crippen LogP contribution < -0.4 is 5.32 Å². The van der Waals surface area contributed by atoms with Crippen molar-refractivity contribution in [2.75, 3.05) is 13.0 Å². The minimum atomic E-state index is -5.66. The van der Waals surface area contributed by atoms with Crippen LogP contribution in [0.2, 0.25) is 0 Å². The van der Waals surface area contributed by atoms with E-state index in [1.54, 1.807) is 0 Å². The molecule has 1 aliphatic rings. The zero-order chi connectivity index (χ0) is 13.2. The predicted molar refractivity (Wildman–Crippen MR) is 28.5 cm³/mol. The average Bonchev–Trinajstić information content (AvgIpc) is 2.05. The largest absolute Gasteiger partial charge is 0.418 e. The van der Waals surface area contributed by atoms with E-state index in [2.05, 4.69) is 0 Å². The number of alkyl halides is 3. The highest BCUT2D eigenvalue weighted by Gasteiger charge is 2.54. The number of hydrogen-bond acceptors (Lipinski definition) is 2. The molecule has 2 N–H and O–H groups in total. The first-order chi connectivity index (χ1) is 6.71. The van der Waals surface area contributed by atoms with E-state index in [0.29, 0.717) is 0 Å². The Morgan fingerprint density at radius 1 is 1.60 bits per heavy atom. The fourth-order valence-electron chi connectivity index (χ4n) is 0.416. The quantitative estimate of drug-likeness (QED) is 0.534. The smallest absolute Gasteiger partial charge is 0.379 e. The molecule has 1 unspecified atom stereocenters. The molecule has 5 heteroatoms. The summed E-state index contributed by atoms with van der Waals surface area (Å²) < 4.78 is 79.3. The van der Waals surface area contributed by atoms with Crippen molar-refractivity contribution in [2.45, 2.75) is 18.2 Å². The molecule has 0 amide bonds. The van der Waals surface area contributed by atoms with Crippen molar-refractivity contribution in [1.82, 2.24) is 5.32 Å². The molecule has 60 valence electrons. The van der Waals surface area contributed by atoms with E-state index in [1.807, 2.05) is 0 Å². The summed E-state index contributed by atoms with van der Waals surface area (Å²) in [6, 6.07) is 0. The van der Waals surface area contributed by atoms with Gasteiger partial charge >= 0.3 is 6.18 Å². The van der Waals surface area contributed by atoms with Crippen LogP contribution in [0.1, 0.15) is 14.6 Å². The van der Waals surface area contributed by atoms with Crippen LogP contribution in [0.15, 0.2) is 0 Å². The van der Waals surface area contributed by atoms with E-state index in [9.17, 15) is 18.3 Å². The monoisotopic (exact) mass is 161 g/mol. The molecule has 1 rings (SSSR count). The molecule has 0 bridgehead atoms. The lowest BCUT2D eigenvalue weighted by molar-refractivity contribution is -0.251. The van der Waals surface area contributed by atoms with Crippen molar-refractivity contribution in [3.63, 3.8) is 0 Å². The van der Waals surface area contributed by atoms with Crippen LogP contribution in [0.25, 0.3) is 0 Å². The molecular formula is C5H8F3NO. The van der Waals surface area contributed by atoms with Crippen LogP contribution in [-0.2, 0) is 0 Å². The van der Waals surface area contributed by atoms with Crippen LogP contribution in [0.5, 0.6) is 0 Å². The van der Waals surface area contributed by atoms with Crippen LogP contribution in [0.4, 0.5) is 13.2 Å². The third-order valence-electron chi connectivity index (χ3n) is 0.960. The van der Waals surface area contributed by atoms with Gasteiger partial charge in [0.1, 0.15) is 0 Å². The Kier molecular flexibility index (Phi) is 0.626. The number of hydrogen-bond donors (Lipinski definition) is 2. The Balaban J connectivity index is 3.48. The molecule has 0 aromatic carbocycles. The summed E-state index contributed by atoms with van der Waals surface area (Å²) in [5.74, 6) is 0. The molecule has 10 heavy (non-hydrogen) atoms. The van der Waals surface area contributed by atoms with Crippen molar-refractivity contribution in [2.24, 2.45) is 0 Å². The van der Waals surface area contributed by atoms with Crippen molar-refractivity contribution in [1.29, 1.82) is 0 Å². The highest BCUT2D eigenvalue weighted by atomic mass is 19.4. The molecule has 0 aliphatic carbocycles. The van der Waals surface area contributed by atoms with Crippen molar-refractivity contribution in [3.05, 3.63) is 0 Å². The zero-order valence-corrected chi connectivity index (χ0v) is 4.58. The Hall–Kier alpha value is -0.290. The van der Waals surface area contributed by atoms with Gasteiger partial charge in [0.15, 0.2) is 5.60 Å². The average molecular weight is 161 g/mol. The van der Waals surface area contributed by atoms with Gasteiger partial charge < -0.3 is 10.4 Å². The number of halogens is 3. The molecule has 1 fully saturated rings. The Morgan fingerprint density at radius 3 is 2.40 bits per heavy atom. The van der Waals surface area contributed by atoms with Crippen LogP contribution in [0.3, 0.4) is 0 Å². The van der Waals surface area contributed by atoms with E-state index < -0.39 is 31.1 Å². The highest BCUT2D eigenvalue weighted by molar-refractivity contribution is 4.93. The SMILES string of the molecule is [2H]C1([2H])NC([2H])([2H])C(O)(C(F)(F)F)C1([2H])[2H]. The van der Waals surface area contributed by atoms with Gasteiger partial charge in [-0.15, -0.1) is 0 Å². The van der Waals surface area contributed by atoms with Gasteiger partial charge in [-0.05, 0) is 12.9 Å². The van der Waals surface area contributed by atoms with Crippen molar-refractivity contribution >= 4 is 0 Å². The fraction of sp³-hybridized carbons (Fsp3) is 1.00. The molecule has 0 spiro atoms. The topological polar surface area (TPSA) is 32.3 Å². The Labute approximate surface area is 64.5 Å². The molecule has 0 aromatic heterocycles. The van der Waals surface area contributed by atoms with E-state index in [1.165, 1.54) is 5.32 Å². The lowest BCUT2D eigenvalue weighted by Crippen LogP contribution is -2.46. The molecule has 1 heterocycles. The maximum Gasteiger partial charge on any atom is 0.418 e. The van der Waals surface area contributed by atoms with Gasteiger partial charge in [-0.25, -0.2) is 0 Å². The fourth-order valence-corrected chi connectivity index (χ4v) is 0.416. The van der Waals surface area contributed by atoms with Gasteiger partial charge in [0.05, 0.1) is 0 Å². The van der Waals surface area contributed by atoms with Crippen molar-refractivity contribution in [3.8, 4) is 0 Å². The van der Waals surface area contributed by atoms with E-state index >= 15 is 0 Å². The minimum absolute atomic E-state index is 1.18. The van der Waals surface area contributed by atoms with E-state index in [-0.39, 0.29) is 0 Å². The summed E-state index contributed by atoms with van der Waals surface area (Å²) in [5, 5.41) is 10.4. The van der Waals surface area contributed by atoms with Gasteiger partial charge in [-0.2, -0.15) is 13.2 Å². The predicted octanol–water partition coefficient (Wildman–Crippen LogP) is 0.273. The lowest BCUT2D eigenvalue weighted by Gasteiger charge is -2.23. The number of β-amino-alcohol motifs (C(OH)–C–C–N with tert-alkyl or cyclic N) is 1. The molecule has 2 nitrogen and oxygen atoms in total. The first kappa shape index (κ1) is 2.98. The third kappa shape index (κ3) is 1.11. The zero-order valence-electron chi connectivity index (χ0n) is 10.6. The highest BCUT2D eigenvalue weighted by Crippen LogP contribution is 2.34. The summed E-state index contributed by atoms with van der Waals surface area (Å²) in [7, 11) is 0. The maximum atomic E-state index is 12.5. The number of aliphatic hydroxyl groups is 1. The van der Waals surface area contributed by atoms with Crippen molar-refractivity contribution < 1.29 is 26.5 Å².